The summed E-state index contributed by atoms with van der Waals surface area (Å²) in [5.41, 5.74) is 4.67. The average Bonchev–Trinajstić information content (AvgIpc) is 3.14. The highest BCUT2D eigenvalue weighted by Gasteiger charge is 2.30. The molecule has 3 aromatic rings. The number of alkyl carbamates (subject to hydrolysis) is 1. The van der Waals surface area contributed by atoms with E-state index in [4.69, 9.17) is 14.2 Å². The first-order valence-corrected chi connectivity index (χ1v) is 10.1. The highest BCUT2D eigenvalue weighted by molar-refractivity contribution is 5.83. The highest BCUT2D eigenvalue weighted by atomic mass is 16.5. The third-order valence-corrected chi connectivity index (χ3v) is 5.60. The summed E-state index contributed by atoms with van der Waals surface area (Å²) in [6, 6.07) is 19.4. The first-order valence-electron chi connectivity index (χ1n) is 10.1. The van der Waals surface area contributed by atoms with Gasteiger partial charge in [-0.25, -0.2) is 9.59 Å². The van der Waals surface area contributed by atoms with Gasteiger partial charge in [-0.3, -0.25) is 0 Å². The van der Waals surface area contributed by atoms with E-state index in [0.717, 1.165) is 22.3 Å². The van der Waals surface area contributed by atoms with Crippen molar-refractivity contribution in [1.29, 1.82) is 0 Å². The lowest BCUT2D eigenvalue weighted by molar-refractivity contribution is -0.139. The molecule has 4 rings (SSSR count). The summed E-state index contributed by atoms with van der Waals surface area (Å²) in [6.07, 6.45) is -0.822. The van der Waals surface area contributed by atoms with E-state index in [0.29, 0.717) is 5.75 Å². The molecule has 1 atom stereocenters. The van der Waals surface area contributed by atoms with Gasteiger partial charge in [0.1, 0.15) is 18.1 Å². The zero-order valence-corrected chi connectivity index (χ0v) is 17.7. The standard InChI is InChI=1S/C25H23NO6/c1-30-15-11-12-20(22(13-15)31-2)23(24(27)28)26-25(29)32-14-21-18-9-5-3-7-16(18)17-8-4-6-10-19(17)21/h3-13,21,23H,14H2,1-2H3,(H,26,29)(H,27,28)/t23-/m0/s1. The molecular formula is C25H23NO6. The Balaban J connectivity index is 1.51. The minimum absolute atomic E-state index is 0.0892. The Labute approximate surface area is 185 Å². The first kappa shape index (κ1) is 21.2. The minimum atomic E-state index is -1.34. The molecule has 0 aromatic heterocycles. The molecule has 7 heteroatoms. The van der Waals surface area contributed by atoms with Crippen molar-refractivity contribution in [3.63, 3.8) is 0 Å². The molecule has 0 heterocycles. The van der Waals surface area contributed by atoms with Crippen molar-refractivity contribution < 1.29 is 28.9 Å². The van der Waals surface area contributed by atoms with Crippen LogP contribution in [0.2, 0.25) is 0 Å². The van der Waals surface area contributed by atoms with Gasteiger partial charge in [0, 0.05) is 17.5 Å². The normalized spacial score (nSPS) is 12.9. The Hall–Kier alpha value is -4.00. The van der Waals surface area contributed by atoms with E-state index in [1.807, 2.05) is 48.5 Å². The van der Waals surface area contributed by atoms with Crippen LogP contribution >= 0.6 is 0 Å². The van der Waals surface area contributed by atoms with Crippen LogP contribution in [0, 0.1) is 0 Å². The number of ether oxygens (including phenoxy) is 3. The Morgan fingerprint density at radius 1 is 0.938 bits per heavy atom. The smallest absolute Gasteiger partial charge is 0.408 e. The van der Waals surface area contributed by atoms with E-state index in [9.17, 15) is 14.7 Å². The van der Waals surface area contributed by atoms with E-state index in [-0.39, 0.29) is 23.8 Å². The van der Waals surface area contributed by atoms with Crippen LogP contribution < -0.4 is 14.8 Å². The fourth-order valence-electron chi connectivity index (χ4n) is 4.09. The first-order chi connectivity index (χ1) is 15.5. The summed E-state index contributed by atoms with van der Waals surface area (Å²) in [5, 5.41) is 12.1. The number of carboxylic acid groups (broad SMARTS) is 1. The van der Waals surface area contributed by atoms with Crippen LogP contribution in [-0.4, -0.2) is 38.0 Å². The number of methoxy groups -OCH3 is 2. The summed E-state index contributed by atoms with van der Waals surface area (Å²) in [7, 11) is 2.92. The second-order valence-corrected chi connectivity index (χ2v) is 7.35. The van der Waals surface area contributed by atoms with E-state index >= 15 is 0 Å². The van der Waals surface area contributed by atoms with Gasteiger partial charge in [-0.15, -0.1) is 0 Å². The second kappa shape index (κ2) is 9.01. The van der Waals surface area contributed by atoms with E-state index in [1.54, 1.807) is 18.2 Å². The van der Waals surface area contributed by atoms with Crippen LogP contribution in [0.25, 0.3) is 11.1 Å². The third kappa shape index (κ3) is 3.97. The van der Waals surface area contributed by atoms with Gasteiger partial charge in [-0.1, -0.05) is 48.5 Å². The summed E-state index contributed by atoms with van der Waals surface area (Å²) in [4.78, 5) is 24.5. The molecule has 0 fully saturated rings. The molecule has 0 radical (unpaired) electrons. The topological polar surface area (TPSA) is 94.1 Å². The maximum atomic E-state index is 12.6. The molecular weight excluding hydrogens is 410 g/mol. The van der Waals surface area contributed by atoms with Crippen molar-refractivity contribution in [2.45, 2.75) is 12.0 Å². The Morgan fingerprint density at radius 2 is 1.56 bits per heavy atom. The van der Waals surface area contributed by atoms with Crippen LogP contribution in [0.15, 0.2) is 66.7 Å². The lowest BCUT2D eigenvalue weighted by atomic mass is 9.98. The number of carbonyl (C=O) groups is 2. The number of hydrogen-bond donors (Lipinski definition) is 2. The van der Waals surface area contributed by atoms with E-state index in [2.05, 4.69) is 5.32 Å². The quantitative estimate of drug-likeness (QED) is 0.575. The number of carboxylic acids is 1. The lowest BCUT2D eigenvalue weighted by Gasteiger charge is -2.19. The Kier molecular flexibility index (Phi) is 5.98. The maximum Gasteiger partial charge on any atom is 0.408 e. The van der Waals surface area contributed by atoms with Crippen molar-refractivity contribution in [3.8, 4) is 22.6 Å². The monoisotopic (exact) mass is 433 g/mol. The summed E-state index contributed by atoms with van der Waals surface area (Å²) in [6.45, 7) is 0.0892. The fraction of sp³-hybridized carbons (Fsp3) is 0.200. The Morgan fingerprint density at radius 3 is 2.12 bits per heavy atom. The van der Waals surface area contributed by atoms with Crippen molar-refractivity contribution in [2.24, 2.45) is 0 Å². The zero-order chi connectivity index (χ0) is 22.7. The molecule has 7 nitrogen and oxygen atoms in total. The van der Waals surface area contributed by atoms with Gasteiger partial charge in [-0.05, 0) is 34.4 Å². The number of nitrogens with one attached hydrogen (secondary N) is 1. The van der Waals surface area contributed by atoms with Crippen LogP contribution in [0.4, 0.5) is 4.79 Å². The summed E-state index contributed by atoms with van der Waals surface area (Å²) >= 11 is 0. The molecule has 0 spiro atoms. The van der Waals surface area contributed by atoms with Gasteiger partial charge in [0.05, 0.1) is 14.2 Å². The second-order valence-electron chi connectivity index (χ2n) is 7.35. The number of rotatable bonds is 7. The summed E-state index contributed by atoms with van der Waals surface area (Å²) < 4.78 is 15.9. The predicted octanol–water partition coefficient (Wildman–Crippen LogP) is 4.37. The molecule has 0 saturated heterocycles. The minimum Gasteiger partial charge on any atom is -0.497 e. The van der Waals surface area contributed by atoms with Crippen LogP contribution in [0.3, 0.4) is 0 Å². The lowest BCUT2D eigenvalue weighted by Crippen LogP contribution is -2.35. The zero-order valence-electron chi connectivity index (χ0n) is 17.7. The van der Waals surface area contributed by atoms with Crippen LogP contribution in [-0.2, 0) is 9.53 Å². The maximum absolute atomic E-state index is 12.6. The largest absolute Gasteiger partial charge is 0.497 e. The number of amides is 1. The van der Waals surface area contributed by atoms with Gasteiger partial charge >= 0.3 is 12.1 Å². The van der Waals surface area contributed by atoms with E-state index < -0.39 is 18.1 Å². The van der Waals surface area contributed by atoms with Gasteiger partial charge in [0.2, 0.25) is 0 Å². The number of fused-ring (bicyclic) bond motifs is 3. The molecule has 3 aromatic carbocycles. The molecule has 32 heavy (non-hydrogen) atoms. The molecule has 1 aliphatic carbocycles. The molecule has 1 amide bonds. The van der Waals surface area contributed by atoms with Crippen molar-refractivity contribution in [3.05, 3.63) is 83.4 Å². The predicted molar refractivity (Wildman–Crippen MR) is 118 cm³/mol. The molecule has 0 bridgehead atoms. The van der Waals surface area contributed by atoms with Crippen LogP contribution in [0.1, 0.15) is 28.7 Å². The molecule has 2 N–H and O–H groups in total. The van der Waals surface area contributed by atoms with Gasteiger partial charge in [0.25, 0.3) is 0 Å². The number of carbonyl (C=O) groups excluding carboxylic acids is 1. The fourth-order valence-corrected chi connectivity index (χ4v) is 4.09. The third-order valence-electron chi connectivity index (χ3n) is 5.60. The van der Waals surface area contributed by atoms with Crippen molar-refractivity contribution in [1.82, 2.24) is 5.32 Å². The number of aliphatic carboxylic acids is 1. The number of hydrogen-bond acceptors (Lipinski definition) is 5. The molecule has 164 valence electrons. The number of benzene rings is 3. The molecule has 0 saturated carbocycles. The molecule has 0 aliphatic heterocycles. The highest BCUT2D eigenvalue weighted by Crippen LogP contribution is 2.44. The van der Waals surface area contributed by atoms with Crippen molar-refractivity contribution >= 4 is 12.1 Å². The SMILES string of the molecule is COc1ccc([C@H](NC(=O)OCC2c3ccccc3-c3ccccc32)C(=O)O)c(OC)c1. The average molecular weight is 433 g/mol. The van der Waals surface area contributed by atoms with Gasteiger partial charge < -0.3 is 24.6 Å². The summed E-state index contributed by atoms with van der Waals surface area (Å²) in [5.74, 6) is -0.555. The van der Waals surface area contributed by atoms with E-state index in [1.165, 1.54) is 14.2 Å². The van der Waals surface area contributed by atoms with Crippen LogP contribution in [0.5, 0.6) is 11.5 Å². The van der Waals surface area contributed by atoms with Crippen molar-refractivity contribution in [2.75, 3.05) is 20.8 Å². The molecule has 1 aliphatic rings. The van der Waals surface area contributed by atoms with Gasteiger partial charge in [-0.2, -0.15) is 0 Å². The molecule has 0 unspecified atom stereocenters. The Bertz CT molecular complexity index is 1110. The van der Waals surface area contributed by atoms with Gasteiger partial charge in [0.15, 0.2) is 6.04 Å².